The lowest BCUT2D eigenvalue weighted by atomic mass is 10.0. The number of rotatable bonds is 6. The summed E-state index contributed by atoms with van der Waals surface area (Å²) in [4.78, 5) is 0. The van der Waals surface area contributed by atoms with Crippen molar-refractivity contribution in [2.75, 3.05) is 13.2 Å². The number of hydrogen-bond donors (Lipinski definition) is 1. The molecule has 0 amide bonds. The highest BCUT2D eigenvalue weighted by atomic mass is 16.5. The van der Waals surface area contributed by atoms with Crippen LogP contribution in [0.3, 0.4) is 0 Å². The third-order valence-corrected chi connectivity index (χ3v) is 3.28. The third-order valence-electron chi connectivity index (χ3n) is 3.28. The van der Waals surface area contributed by atoms with E-state index in [0.717, 1.165) is 30.1 Å². The highest BCUT2D eigenvalue weighted by molar-refractivity contribution is 5.31. The number of hydrogen-bond acceptors (Lipinski definition) is 3. The molecule has 98 valence electrons. The second-order valence-corrected chi connectivity index (χ2v) is 5.14. The smallest absolute Gasteiger partial charge is 0.163 e. The molecule has 0 aliphatic rings. The van der Waals surface area contributed by atoms with Crippen molar-refractivity contribution in [2.24, 2.45) is 7.05 Å². The molecule has 0 saturated carbocycles. The number of nitrogens with one attached hydrogen (secondary N) is 1. The SMILES string of the molecule is CCC(C)(C)NCCOc1c(C)nn(C)c1C. The molecule has 1 heterocycles. The predicted octanol–water partition coefficient (Wildman–Crippen LogP) is 2.19. The first-order valence-corrected chi connectivity index (χ1v) is 6.25. The number of aryl methyl sites for hydroxylation is 2. The molecule has 0 unspecified atom stereocenters. The normalized spacial score (nSPS) is 11.9. The Balaban J connectivity index is 2.41. The van der Waals surface area contributed by atoms with Crippen molar-refractivity contribution < 1.29 is 4.74 Å². The van der Waals surface area contributed by atoms with Crippen LogP contribution in [0.25, 0.3) is 0 Å². The summed E-state index contributed by atoms with van der Waals surface area (Å²) >= 11 is 0. The Hall–Kier alpha value is -1.03. The number of ether oxygens (including phenoxy) is 1. The molecule has 17 heavy (non-hydrogen) atoms. The average molecular weight is 239 g/mol. The van der Waals surface area contributed by atoms with E-state index in [1.165, 1.54) is 0 Å². The topological polar surface area (TPSA) is 39.1 Å². The van der Waals surface area contributed by atoms with E-state index in [1.807, 2.05) is 25.6 Å². The van der Waals surface area contributed by atoms with Crippen LogP contribution in [0, 0.1) is 13.8 Å². The summed E-state index contributed by atoms with van der Waals surface area (Å²) < 4.78 is 7.64. The van der Waals surface area contributed by atoms with Crippen LogP contribution in [0.1, 0.15) is 38.6 Å². The Morgan fingerprint density at radius 2 is 2.00 bits per heavy atom. The monoisotopic (exact) mass is 239 g/mol. The Bertz CT molecular complexity index is 369. The highest BCUT2D eigenvalue weighted by Crippen LogP contribution is 2.20. The number of nitrogens with zero attached hydrogens (tertiary/aromatic N) is 2. The molecule has 0 spiro atoms. The molecule has 4 nitrogen and oxygen atoms in total. The van der Waals surface area contributed by atoms with Gasteiger partial charge in [-0.2, -0.15) is 5.10 Å². The molecule has 0 saturated heterocycles. The first kappa shape index (κ1) is 14.0. The summed E-state index contributed by atoms with van der Waals surface area (Å²) in [5.74, 6) is 0.920. The Morgan fingerprint density at radius 1 is 1.35 bits per heavy atom. The van der Waals surface area contributed by atoms with Gasteiger partial charge in [0.2, 0.25) is 0 Å². The van der Waals surface area contributed by atoms with Crippen LogP contribution in [-0.4, -0.2) is 28.5 Å². The van der Waals surface area contributed by atoms with E-state index in [1.54, 1.807) is 0 Å². The van der Waals surface area contributed by atoms with E-state index in [9.17, 15) is 0 Å². The van der Waals surface area contributed by atoms with E-state index < -0.39 is 0 Å². The molecule has 0 aromatic carbocycles. The van der Waals surface area contributed by atoms with Crippen molar-refractivity contribution in [3.63, 3.8) is 0 Å². The minimum atomic E-state index is 0.183. The lowest BCUT2D eigenvalue weighted by Gasteiger charge is -2.24. The lowest BCUT2D eigenvalue weighted by molar-refractivity contribution is 0.278. The van der Waals surface area contributed by atoms with Crippen LogP contribution >= 0.6 is 0 Å². The predicted molar refractivity (Wildman–Crippen MR) is 70.5 cm³/mol. The largest absolute Gasteiger partial charge is 0.488 e. The summed E-state index contributed by atoms with van der Waals surface area (Å²) in [5, 5.41) is 7.80. The van der Waals surface area contributed by atoms with Crippen LogP contribution in [0.4, 0.5) is 0 Å². The first-order valence-electron chi connectivity index (χ1n) is 6.25. The molecule has 0 fully saturated rings. The van der Waals surface area contributed by atoms with E-state index in [0.29, 0.717) is 6.61 Å². The maximum Gasteiger partial charge on any atom is 0.163 e. The lowest BCUT2D eigenvalue weighted by Crippen LogP contribution is -2.40. The van der Waals surface area contributed by atoms with Crippen molar-refractivity contribution in [1.29, 1.82) is 0 Å². The second-order valence-electron chi connectivity index (χ2n) is 5.14. The molecular formula is C13H25N3O. The van der Waals surface area contributed by atoms with Gasteiger partial charge in [0.05, 0.1) is 5.69 Å². The Kier molecular flexibility index (Phi) is 4.57. The van der Waals surface area contributed by atoms with E-state index in [2.05, 4.69) is 31.2 Å². The van der Waals surface area contributed by atoms with Gasteiger partial charge in [-0.25, -0.2) is 0 Å². The minimum absolute atomic E-state index is 0.183. The molecule has 4 heteroatoms. The zero-order valence-electron chi connectivity index (χ0n) is 11.9. The standard InChI is InChI=1S/C13H25N3O/c1-7-13(4,5)14-8-9-17-12-10(2)15-16(6)11(12)3/h14H,7-9H2,1-6H3. The zero-order valence-corrected chi connectivity index (χ0v) is 11.9. The van der Waals surface area contributed by atoms with E-state index in [4.69, 9.17) is 4.74 Å². The maximum absolute atomic E-state index is 5.78. The van der Waals surface area contributed by atoms with Gasteiger partial charge in [0, 0.05) is 19.1 Å². The quantitative estimate of drug-likeness (QED) is 0.773. The molecule has 1 aromatic heterocycles. The average Bonchev–Trinajstić information content (AvgIpc) is 2.50. The zero-order chi connectivity index (χ0) is 13.1. The Morgan fingerprint density at radius 3 is 2.47 bits per heavy atom. The van der Waals surface area contributed by atoms with Crippen LogP contribution in [0.15, 0.2) is 0 Å². The van der Waals surface area contributed by atoms with Crippen molar-refractivity contribution in [3.05, 3.63) is 11.4 Å². The van der Waals surface area contributed by atoms with E-state index >= 15 is 0 Å². The van der Waals surface area contributed by atoms with Crippen LogP contribution in [0.2, 0.25) is 0 Å². The molecule has 0 aliphatic heterocycles. The Labute approximate surface area is 104 Å². The third kappa shape index (κ3) is 3.73. The van der Waals surface area contributed by atoms with Gasteiger partial charge in [-0.15, -0.1) is 0 Å². The fourth-order valence-electron chi connectivity index (χ4n) is 1.63. The summed E-state index contributed by atoms with van der Waals surface area (Å²) in [6.45, 7) is 12.1. The van der Waals surface area contributed by atoms with Crippen molar-refractivity contribution in [3.8, 4) is 5.75 Å². The molecule has 0 aliphatic carbocycles. The van der Waals surface area contributed by atoms with Gasteiger partial charge < -0.3 is 10.1 Å². The summed E-state index contributed by atoms with van der Waals surface area (Å²) in [6, 6.07) is 0. The van der Waals surface area contributed by atoms with Gasteiger partial charge in [0.25, 0.3) is 0 Å². The summed E-state index contributed by atoms with van der Waals surface area (Å²) in [7, 11) is 1.94. The fourth-order valence-corrected chi connectivity index (χ4v) is 1.63. The van der Waals surface area contributed by atoms with Crippen molar-refractivity contribution in [2.45, 2.75) is 46.6 Å². The molecule has 1 rings (SSSR count). The maximum atomic E-state index is 5.78. The van der Waals surface area contributed by atoms with Crippen molar-refractivity contribution in [1.82, 2.24) is 15.1 Å². The van der Waals surface area contributed by atoms with Crippen molar-refractivity contribution >= 4 is 0 Å². The molecule has 0 radical (unpaired) electrons. The van der Waals surface area contributed by atoms with Crippen LogP contribution in [-0.2, 0) is 7.05 Å². The van der Waals surface area contributed by atoms with Gasteiger partial charge in [0.15, 0.2) is 5.75 Å². The van der Waals surface area contributed by atoms with Gasteiger partial charge in [-0.05, 0) is 34.1 Å². The molecule has 0 atom stereocenters. The van der Waals surface area contributed by atoms with Gasteiger partial charge in [-0.3, -0.25) is 4.68 Å². The summed E-state index contributed by atoms with van der Waals surface area (Å²) in [6.07, 6.45) is 1.11. The minimum Gasteiger partial charge on any atom is -0.488 e. The van der Waals surface area contributed by atoms with Crippen LogP contribution < -0.4 is 10.1 Å². The van der Waals surface area contributed by atoms with Gasteiger partial charge in [0.1, 0.15) is 12.3 Å². The summed E-state index contributed by atoms with van der Waals surface area (Å²) in [5.41, 5.74) is 2.22. The van der Waals surface area contributed by atoms with Crippen LogP contribution in [0.5, 0.6) is 5.75 Å². The molecule has 0 bridgehead atoms. The molecule has 1 N–H and O–H groups in total. The van der Waals surface area contributed by atoms with Gasteiger partial charge in [-0.1, -0.05) is 6.92 Å². The number of aromatic nitrogens is 2. The first-order chi connectivity index (χ1) is 7.87. The molecule has 1 aromatic rings. The molecular weight excluding hydrogens is 214 g/mol. The van der Waals surface area contributed by atoms with E-state index in [-0.39, 0.29) is 5.54 Å². The second kappa shape index (κ2) is 5.54. The highest BCUT2D eigenvalue weighted by Gasteiger charge is 2.14. The fraction of sp³-hybridized carbons (Fsp3) is 0.769. The van der Waals surface area contributed by atoms with Gasteiger partial charge >= 0.3 is 0 Å².